The largest absolute Gasteiger partial charge is 0.347 e. The van der Waals surface area contributed by atoms with Crippen LogP contribution in [0, 0.1) is 5.41 Å². The molecule has 0 atom stereocenters. The maximum atomic E-state index is 12.6. The van der Waals surface area contributed by atoms with E-state index in [9.17, 15) is 4.79 Å². The summed E-state index contributed by atoms with van der Waals surface area (Å²) in [6.07, 6.45) is 5.02. The molecule has 0 aliphatic carbocycles. The van der Waals surface area contributed by atoms with Gasteiger partial charge in [0.2, 0.25) is 5.91 Å². The monoisotopic (exact) mass is 312 g/mol. The minimum atomic E-state index is 0.0434. The molecule has 3 rings (SSSR count). The van der Waals surface area contributed by atoms with Crippen LogP contribution in [-0.4, -0.2) is 21.9 Å². The van der Waals surface area contributed by atoms with Gasteiger partial charge in [-0.2, -0.15) is 0 Å². The molecule has 1 aliphatic rings. The number of hydrogen-bond donors (Lipinski definition) is 0. The van der Waals surface area contributed by atoms with E-state index in [0.29, 0.717) is 6.42 Å². The van der Waals surface area contributed by atoms with Gasteiger partial charge in [-0.25, -0.2) is 0 Å². The van der Waals surface area contributed by atoms with Gasteiger partial charge in [-0.15, -0.1) is 0 Å². The lowest BCUT2D eigenvalue weighted by atomic mass is 9.91. The van der Waals surface area contributed by atoms with Crippen molar-refractivity contribution >= 4 is 16.8 Å². The molecule has 124 valence electrons. The molecule has 23 heavy (non-hydrogen) atoms. The minimum absolute atomic E-state index is 0.0434. The fourth-order valence-corrected chi connectivity index (χ4v) is 3.58. The number of amides is 1. The second-order valence-corrected chi connectivity index (χ2v) is 7.96. The van der Waals surface area contributed by atoms with Crippen LogP contribution in [0.3, 0.4) is 0 Å². The molecule has 0 saturated carbocycles. The highest BCUT2D eigenvalue weighted by Gasteiger charge is 2.25. The highest BCUT2D eigenvalue weighted by Crippen LogP contribution is 2.30. The molecule has 1 aromatic heterocycles. The van der Waals surface area contributed by atoms with Crippen molar-refractivity contribution in [2.24, 2.45) is 5.41 Å². The first-order chi connectivity index (χ1) is 10.9. The second-order valence-electron chi connectivity index (χ2n) is 7.96. The first-order valence-corrected chi connectivity index (χ1v) is 8.76. The second kappa shape index (κ2) is 6.03. The maximum Gasteiger partial charge on any atom is 0.223 e. The van der Waals surface area contributed by atoms with Crippen LogP contribution in [-0.2, 0) is 24.3 Å². The van der Waals surface area contributed by atoms with Crippen molar-refractivity contribution in [2.75, 3.05) is 6.54 Å². The van der Waals surface area contributed by atoms with Gasteiger partial charge in [-0.05, 0) is 35.4 Å². The zero-order valence-electron chi connectivity index (χ0n) is 14.9. The Kier molecular flexibility index (Phi) is 4.22. The van der Waals surface area contributed by atoms with Crippen LogP contribution in [0.25, 0.3) is 10.9 Å². The number of carbonyl (C=O) groups is 1. The summed E-state index contributed by atoms with van der Waals surface area (Å²) in [5.41, 5.74) is 4.06. The topological polar surface area (TPSA) is 25.2 Å². The van der Waals surface area contributed by atoms with Gasteiger partial charge in [0.1, 0.15) is 0 Å². The number of benzene rings is 1. The lowest BCUT2D eigenvalue weighted by molar-refractivity contribution is -0.133. The molecule has 2 aromatic rings. The molecule has 1 amide bonds. The van der Waals surface area contributed by atoms with E-state index in [1.54, 1.807) is 0 Å². The van der Waals surface area contributed by atoms with Gasteiger partial charge in [0, 0.05) is 43.2 Å². The van der Waals surface area contributed by atoms with E-state index in [0.717, 1.165) is 32.5 Å². The molecule has 2 heterocycles. The Labute approximate surface area is 139 Å². The van der Waals surface area contributed by atoms with Crippen LogP contribution in [0.15, 0.2) is 24.4 Å². The van der Waals surface area contributed by atoms with Gasteiger partial charge >= 0.3 is 0 Å². The average molecular weight is 312 g/mol. The normalized spacial score (nSPS) is 15.0. The van der Waals surface area contributed by atoms with Crippen molar-refractivity contribution in [1.29, 1.82) is 0 Å². The highest BCUT2D eigenvalue weighted by atomic mass is 16.2. The summed E-state index contributed by atoms with van der Waals surface area (Å²) in [5.74, 6) is 0.279. The predicted octanol–water partition coefficient (Wildman–Crippen LogP) is 4.37. The molecular weight excluding hydrogens is 284 g/mol. The maximum absolute atomic E-state index is 12.6. The summed E-state index contributed by atoms with van der Waals surface area (Å²) in [6, 6.07) is 6.53. The zero-order valence-corrected chi connectivity index (χ0v) is 14.9. The van der Waals surface area contributed by atoms with Crippen molar-refractivity contribution in [3.8, 4) is 0 Å². The first kappa shape index (κ1) is 16.1. The van der Waals surface area contributed by atoms with E-state index in [1.807, 2.05) is 4.90 Å². The van der Waals surface area contributed by atoms with Crippen LogP contribution in [0.1, 0.15) is 51.7 Å². The molecule has 0 N–H and O–H groups in total. The van der Waals surface area contributed by atoms with Crippen LogP contribution >= 0.6 is 0 Å². The highest BCUT2D eigenvalue weighted by molar-refractivity contribution is 5.88. The van der Waals surface area contributed by atoms with Crippen molar-refractivity contribution < 1.29 is 4.79 Å². The summed E-state index contributed by atoms with van der Waals surface area (Å²) in [5, 5.41) is 1.38. The molecule has 0 saturated heterocycles. The zero-order chi connectivity index (χ0) is 16.6. The van der Waals surface area contributed by atoms with E-state index in [2.05, 4.69) is 56.7 Å². The van der Waals surface area contributed by atoms with E-state index in [4.69, 9.17) is 0 Å². The Morgan fingerprint density at radius 3 is 2.70 bits per heavy atom. The third-order valence-corrected chi connectivity index (χ3v) is 4.58. The Hall–Kier alpha value is -1.77. The fraction of sp³-hybridized carbons (Fsp3) is 0.550. The minimum Gasteiger partial charge on any atom is -0.347 e. The Morgan fingerprint density at radius 1 is 1.22 bits per heavy atom. The average Bonchev–Trinajstić information content (AvgIpc) is 2.70. The third kappa shape index (κ3) is 3.29. The lowest BCUT2D eigenvalue weighted by Gasteiger charge is -2.26. The summed E-state index contributed by atoms with van der Waals surface area (Å²) < 4.78 is 2.38. The van der Waals surface area contributed by atoms with Crippen LogP contribution in [0.2, 0.25) is 0 Å². The van der Waals surface area contributed by atoms with E-state index < -0.39 is 0 Å². The van der Waals surface area contributed by atoms with Gasteiger partial charge in [0.25, 0.3) is 0 Å². The molecule has 1 aliphatic heterocycles. The van der Waals surface area contributed by atoms with Crippen LogP contribution in [0.5, 0.6) is 0 Å². The van der Waals surface area contributed by atoms with Gasteiger partial charge in [-0.3, -0.25) is 4.79 Å². The lowest BCUT2D eigenvalue weighted by Crippen LogP contribution is -2.34. The number of rotatable bonds is 3. The van der Waals surface area contributed by atoms with Crippen LogP contribution < -0.4 is 0 Å². The van der Waals surface area contributed by atoms with Gasteiger partial charge < -0.3 is 9.47 Å². The molecular formula is C20H28N2O. The summed E-state index contributed by atoms with van der Waals surface area (Å²) >= 11 is 0. The number of nitrogens with zero attached hydrogens (tertiary/aromatic N) is 2. The fourth-order valence-electron chi connectivity index (χ4n) is 3.58. The molecule has 0 fully saturated rings. The molecule has 3 heteroatoms. The quantitative estimate of drug-likeness (QED) is 0.826. The van der Waals surface area contributed by atoms with Gasteiger partial charge in [-0.1, -0.05) is 39.8 Å². The van der Waals surface area contributed by atoms with E-state index in [1.165, 1.54) is 22.0 Å². The SMILES string of the molecule is CCCn1cc2c3c(cccc31)CN(C(=O)CC(C)(C)C)CC2. The van der Waals surface area contributed by atoms with Crippen LogP contribution in [0.4, 0.5) is 0 Å². The van der Waals surface area contributed by atoms with Crippen molar-refractivity contribution in [1.82, 2.24) is 9.47 Å². The predicted molar refractivity (Wildman–Crippen MR) is 95.4 cm³/mol. The van der Waals surface area contributed by atoms with Gasteiger partial charge in [0.15, 0.2) is 0 Å². The Morgan fingerprint density at radius 2 is 2.00 bits per heavy atom. The first-order valence-electron chi connectivity index (χ1n) is 8.76. The third-order valence-electron chi connectivity index (χ3n) is 4.58. The van der Waals surface area contributed by atoms with Crippen molar-refractivity contribution in [2.45, 2.75) is 60.0 Å². The standard InChI is InChI=1S/C20H28N2O/c1-5-10-21-13-16-9-11-22(18(23)12-20(2,3)4)14-15-7-6-8-17(21)19(15)16/h6-8,13H,5,9-12,14H2,1-4H3. The Bertz CT molecular complexity index is 721. The number of aryl methyl sites for hydroxylation is 1. The molecule has 0 unspecified atom stereocenters. The van der Waals surface area contributed by atoms with Gasteiger partial charge in [0.05, 0.1) is 0 Å². The molecule has 3 nitrogen and oxygen atoms in total. The number of hydrogen-bond acceptors (Lipinski definition) is 1. The van der Waals surface area contributed by atoms with E-state index in [-0.39, 0.29) is 11.3 Å². The summed E-state index contributed by atoms with van der Waals surface area (Å²) in [7, 11) is 0. The Balaban J connectivity index is 1.93. The molecule has 1 aromatic carbocycles. The molecule has 0 bridgehead atoms. The molecule has 0 radical (unpaired) electrons. The number of aromatic nitrogens is 1. The van der Waals surface area contributed by atoms with Crippen molar-refractivity contribution in [3.05, 3.63) is 35.5 Å². The van der Waals surface area contributed by atoms with Crippen molar-refractivity contribution in [3.63, 3.8) is 0 Å². The summed E-state index contributed by atoms with van der Waals surface area (Å²) in [6.45, 7) is 11.2. The summed E-state index contributed by atoms with van der Waals surface area (Å²) in [4.78, 5) is 14.7. The molecule has 0 spiro atoms. The number of carbonyl (C=O) groups excluding carboxylic acids is 1. The smallest absolute Gasteiger partial charge is 0.223 e. The van der Waals surface area contributed by atoms with E-state index >= 15 is 0 Å².